The molecule has 0 aliphatic heterocycles. The third-order valence-corrected chi connectivity index (χ3v) is 2.63. The van der Waals surface area contributed by atoms with Gasteiger partial charge in [-0.3, -0.25) is 0 Å². The Hall–Kier alpha value is -0.870. The minimum atomic E-state index is -0.496. The summed E-state index contributed by atoms with van der Waals surface area (Å²) in [5, 5.41) is 10.1. The van der Waals surface area contributed by atoms with Crippen molar-refractivity contribution >= 4 is 0 Å². The highest BCUT2D eigenvalue weighted by molar-refractivity contribution is 4.85. The number of nitrogens with zero attached hydrogens (tertiary/aromatic N) is 2. The van der Waals surface area contributed by atoms with Crippen molar-refractivity contribution in [1.29, 1.82) is 0 Å². The molecule has 1 aromatic heterocycles. The highest BCUT2D eigenvalue weighted by Crippen LogP contribution is 2.19. The Morgan fingerprint density at radius 2 is 2.20 bits per heavy atom. The molecule has 0 bridgehead atoms. The van der Waals surface area contributed by atoms with Gasteiger partial charge in [0.2, 0.25) is 0 Å². The number of aromatic nitrogens is 2. The lowest BCUT2D eigenvalue weighted by Gasteiger charge is -2.27. The highest BCUT2D eigenvalue weighted by atomic mass is 16.5. The van der Waals surface area contributed by atoms with Crippen molar-refractivity contribution < 1.29 is 9.84 Å². The molecule has 0 radical (unpaired) electrons. The summed E-state index contributed by atoms with van der Waals surface area (Å²) >= 11 is 0. The maximum absolute atomic E-state index is 10.1. The average molecular weight is 212 g/mol. The summed E-state index contributed by atoms with van der Waals surface area (Å²) in [4.78, 5) is 3.99. The molecular weight excluding hydrogens is 192 g/mol. The molecule has 1 N–H and O–H groups in total. The molecule has 3 atom stereocenters. The van der Waals surface area contributed by atoms with Gasteiger partial charge in [-0.05, 0) is 20.3 Å². The second kappa shape index (κ2) is 5.88. The van der Waals surface area contributed by atoms with Crippen LogP contribution in [0.4, 0.5) is 0 Å². The summed E-state index contributed by atoms with van der Waals surface area (Å²) in [5.74, 6) is 0. The summed E-state index contributed by atoms with van der Waals surface area (Å²) in [7, 11) is 0. The molecular formula is C11H20N2O2. The maximum Gasteiger partial charge on any atom is 0.101 e. The summed E-state index contributed by atoms with van der Waals surface area (Å²) < 4.78 is 7.33. The molecule has 1 heterocycles. The minimum Gasteiger partial charge on any atom is -0.388 e. The number of ether oxygens (including phenoxy) is 1. The molecule has 15 heavy (non-hydrogen) atoms. The number of aliphatic hydroxyl groups excluding tert-OH is 1. The Labute approximate surface area is 90.9 Å². The van der Waals surface area contributed by atoms with Crippen LogP contribution in [0.25, 0.3) is 0 Å². The first-order valence-corrected chi connectivity index (χ1v) is 5.47. The Kier molecular flexibility index (Phi) is 4.78. The first-order valence-electron chi connectivity index (χ1n) is 5.47. The van der Waals surface area contributed by atoms with Gasteiger partial charge in [0, 0.05) is 19.0 Å². The molecule has 0 fully saturated rings. The first-order chi connectivity index (χ1) is 7.20. The number of rotatable bonds is 6. The zero-order valence-corrected chi connectivity index (χ0v) is 9.63. The van der Waals surface area contributed by atoms with Crippen LogP contribution in [0.2, 0.25) is 0 Å². The Morgan fingerprint density at radius 3 is 2.67 bits per heavy atom. The number of imidazole rings is 1. The highest BCUT2D eigenvalue weighted by Gasteiger charge is 2.24. The summed E-state index contributed by atoms with van der Waals surface area (Å²) in [5.41, 5.74) is 0. The predicted octanol–water partition coefficient (Wildman–Crippen LogP) is 1.62. The lowest BCUT2D eigenvalue weighted by Crippen LogP contribution is -2.34. The van der Waals surface area contributed by atoms with Gasteiger partial charge in [-0.1, -0.05) is 6.92 Å². The van der Waals surface area contributed by atoms with Crippen molar-refractivity contribution in [2.24, 2.45) is 0 Å². The first kappa shape index (κ1) is 12.2. The quantitative estimate of drug-likeness (QED) is 0.779. The Balaban J connectivity index is 2.66. The normalized spacial score (nSPS) is 17.3. The lowest BCUT2D eigenvalue weighted by atomic mass is 10.0. The lowest BCUT2D eigenvalue weighted by molar-refractivity contribution is -0.0457. The van der Waals surface area contributed by atoms with Crippen LogP contribution < -0.4 is 0 Å². The fraction of sp³-hybridized carbons (Fsp3) is 0.727. The van der Waals surface area contributed by atoms with Crippen LogP contribution in [0.1, 0.15) is 33.2 Å². The summed E-state index contributed by atoms with van der Waals surface area (Å²) in [6, 6.07) is 0.0362. The van der Waals surface area contributed by atoms with Gasteiger partial charge in [0.25, 0.3) is 0 Å². The molecule has 0 aromatic carbocycles. The van der Waals surface area contributed by atoms with E-state index in [1.54, 1.807) is 12.5 Å². The van der Waals surface area contributed by atoms with Gasteiger partial charge in [0.15, 0.2) is 0 Å². The molecule has 0 saturated carbocycles. The third-order valence-electron chi connectivity index (χ3n) is 2.63. The summed E-state index contributed by atoms with van der Waals surface area (Å²) in [6.07, 6.45) is 5.54. The molecule has 86 valence electrons. The second-order valence-corrected chi connectivity index (χ2v) is 3.64. The fourth-order valence-corrected chi connectivity index (χ4v) is 1.77. The van der Waals surface area contributed by atoms with E-state index in [4.69, 9.17) is 4.74 Å². The molecule has 1 aromatic rings. The van der Waals surface area contributed by atoms with E-state index in [2.05, 4.69) is 4.98 Å². The van der Waals surface area contributed by atoms with Crippen molar-refractivity contribution in [2.75, 3.05) is 6.61 Å². The monoisotopic (exact) mass is 212 g/mol. The number of hydrogen-bond acceptors (Lipinski definition) is 3. The van der Waals surface area contributed by atoms with Crippen LogP contribution in [0.15, 0.2) is 18.7 Å². The molecule has 4 heteroatoms. The zero-order chi connectivity index (χ0) is 11.3. The third kappa shape index (κ3) is 3.04. The van der Waals surface area contributed by atoms with Gasteiger partial charge in [-0.25, -0.2) is 4.98 Å². The zero-order valence-electron chi connectivity index (χ0n) is 9.63. The largest absolute Gasteiger partial charge is 0.388 e. The smallest absolute Gasteiger partial charge is 0.101 e. The van der Waals surface area contributed by atoms with Crippen LogP contribution in [0.5, 0.6) is 0 Å². The van der Waals surface area contributed by atoms with E-state index in [-0.39, 0.29) is 12.1 Å². The minimum absolute atomic E-state index is 0.0362. The molecule has 4 nitrogen and oxygen atoms in total. The Bertz CT molecular complexity index is 262. The molecule has 0 saturated heterocycles. The predicted molar refractivity (Wildman–Crippen MR) is 58.6 cm³/mol. The maximum atomic E-state index is 10.1. The molecule has 1 rings (SSSR count). The van der Waals surface area contributed by atoms with Crippen molar-refractivity contribution in [3.63, 3.8) is 0 Å². The van der Waals surface area contributed by atoms with E-state index in [0.717, 1.165) is 6.42 Å². The molecule has 2 unspecified atom stereocenters. The van der Waals surface area contributed by atoms with Crippen LogP contribution in [0, 0.1) is 0 Å². The van der Waals surface area contributed by atoms with Crippen molar-refractivity contribution in [3.8, 4) is 0 Å². The van der Waals surface area contributed by atoms with E-state index in [1.165, 1.54) is 0 Å². The molecule has 0 aliphatic rings. The molecule has 0 spiro atoms. The van der Waals surface area contributed by atoms with Gasteiger partial charge in [-0.2, -0.15) is 0 Å². The van der Waals surface area contributed by atoms with Crippen LogP contribution in [0.3, 0.4) is 0 Å². The van der Waals surface area contributed by atoms with Gasteiger partial charge in [0.1, 0.15) is 6.10 Å². The van der Waals surface area contributed by atoms with Crippen molar-refractivity contribution in [1.82, 2.24) is 9.55 Å². The fourth-order valence-electron chi connectivity index (χ4n) is 1.77. The van der Waals surface area contributed by atoms with E-state index in [0.29, 0.717) is 6.61 Å². The van der Waals surface area contributed by atoms with Crippen molar-refractivity contribution in [3.05, 3.63) is 18.7 Å². The molecule has 0 aliphatic carbocycles. The van der Waals surface area contributed by atoms with Gasteiger partial charge < -0.3 is 14.4 Å². The number of aliphatic hydroxyl groups is 1. The van der Waals surface area contributed by atoms with E-state index < -0.39 is 6.10 Å². The van der Waals surface area contributed by atoms with E-state index in [1.807, 2.05) is 31.5 Å². The van der Waals surface area contributed by atoms with Crippen LogP contribution in [-0.2, 0) is 4.74 Å². The van der Waals surface area contributed by atoms with Crippen LogP contribution in [-0.4, -0.2) is 33.5 Å². The van der Waals surface area contributed by atoms with Crippen LogP contribution >= 0.6 is 0 Å². The number of hydrogen-bond donors (Lipinski definition) is 1. The summed E-state index contributed by atoms with van der Waals surface area (Å²) in [6.45, 7) is 6.50. The SMILES string of the molecule is CCO[C@@H](C)C(O)C(CC)n1ccnc1. The van der Waals surface area contributed by atoms with Gasteiger partial charge in [-0.15, -0.1) is 0 Å². The standard InChI is InChI=1S/C11H20N2O2/c1-4-10(13-7-6-12-8-13)11(14)9(3)15-5-2/h6-11,14H,4-5H2,1-3H3/t9-,10?,11?/m0/s1. The Morgan fingerprint density at radius 1 is 1.47 bits per heavy atom. The second-order valence-electron chi connectivity index (χ2n) is 3.64. The van der Waals surface area contributed by atoms with E-state index >= 15 is 0 Å². The van der Waals surface area contributed by atoms with Gasteiger partial charge >= 0.3 is 0 Å². The molecule has 0 amide bonds. The van der Waals surface area contributed by atoms with E-state index in [9.17, 15) is 5.11 Å². The average Bonchev–Trinajstić information content (AvgIpc) is 2.72. The van der Waals surface area contributed by atoms with Crippen molar-refractivity contribution in [2.45, 2.75) is 45.4 Å². The van der Waals surface area contributed by atoms with Gasteiger partial charge in [0.05, 0.1) is 18.5 Å². The topological polar surface area (TPSA) is 47.3 Å².